The fourth-order valence-corrected chi connectivity index (χ4v) is 5.44. The van der Waals surface area contributed by atoms with Gasteiger partial charge in [-0.2, -0.15) is 0 Å². The molecule has 6 N–H and O–H groups in total. The van der Waals surface area contributed by atoms with E-state index < -0.39 is 36.4 Å². The highest BCUT2D eigenvalue weighted by Gasteiger charge is 2.41. The molecule has 0 aliphatic carbocycles. The first kappa shape index (κ1) is 34.5. The van der Waals surface area contributed by atoms with Crippen LogP contribution in [-0.2, 0) is 27.5 Å². The molecule has 0 saturated carbocycles. The van der Waals surface area contributed by atoms with Gasteiger partial charge in [0, 0.05) is 42.0 Å². The lowest BCUT2D eigenvalue weighted by atomic mass is 9.79. The second kappa shape index (κ2) is 14.4. The van der Waals surface area contributed by atoms with E-state index in [1.54, 1.807) is 0 Å². The number of hydrogen-bond donors (Lipinski definition) is 6. The second-order valence-corrected chi connectivity index (χ2v) is 11.9. The number of para-hydroxylation sites is 1. The van der Waals surface area contributed by atoms with E-state index in [4.69, 9.17) is 25.2 Å². The van der Waals surface area contributed by atoms with E-state index in [-0.39, 0.29) is 16.8 Å². The van der Waals surface area contributed by atoms with E-state index in [0.717, 1.165) is 30.6 Å². The van der Waals surface area contributed by atoms with Gasteiger partial charge in [-0.15, -0.1) is 0 Å². The summed E-state index contributed by atoms with van der Waals surface area (Å²) in [4.78, 5) is 37.5. The number of piperidine rings is 1. The number of phenols is 1. The van der Waals surface area contributed by atoms with Gasteiger partial charge in [-0.25, -0.2) is 4.79 Å². The molecule has 2 heterocycles. The molecule has 1 fully saturated rings. The topological polar surface area (TPSA) is 190 Å². The zero-order valence-corrected chi connectivity index (χ0v) is 24.8. The van der Waals surface area contributed by atoms with E-state index in [9.17, 15) is 19.5 Å². The average Bonchev–Trinajstić information content (AvgIpc) is 2.84. The predicted molar refractivity (Wildman–Crippen MR) is 154 cm³/mol. The number of pyridine rings is 1. The molecule has 1 aromatic heterocycles. The molecule has 0 atom stereocenters. The third-order valence-corrected chi connectivity index (χ3v) is 6.82. The van der Waals surface area contributed by atoms with Gasteiger partial charge in [-0.05, 0) is 65.7 Å². The van der Waals surface area contributed by atoms with Gasteiger partial charge in [0.1, 0.15) is 0 Å². The summed E-state index contributed by atoms with van der Waals surface area (Å²) >= 11 is 0. The van der Waals surface area contributed by atoms with Crippen LogP contribution in [0.3, 0.4) is 0 Å². The Balaban J connectivity index is 0.000000401. The highest BCUT2D eigenvalue weighted by molar-refractivity contribution is 5.88. The van der Waals surface area contributed by atoms with Crippen molar-refractivity contribution in [1.82, 2.24) is 15.2 Å². The molecule has 0 unspecified atom stereocenters. The van der Waals surface area contributed by atoms with E-state index in [1.165, 1.54) is 0 Å². The van der Waals surface area contributed by atoms with Crippen LogP contribution in [0.15, 0.2) is 42.6 Å². The quantitative estimate of drug-likeness (QED) is 0.212. The molecule has 0 radical (unpaired) electrons. The molecule has 0 spiro atoms. The molecule has 1 aromatic carbocycles. The lowest BCUT2D eigenvalue weighted by molar-refractivity contribution is -0.170. The van der Waals surface area contributed by atoms with Crippen LogP contribution < -0.4 is 10.1 Å². The molecule has 1 aliphatic heterocycles. The molecular formula is C30H43N3O9. The van der Waals surface area contributed by atoms with Crippen LogP contribution in [-0.4, -0.2) is 82.7 Å². The molecule has 3 rings (SSSR count). The molecule has 0 amide bonds. The number of carboxylic acid groups (broad SMARTS) is 3. The van der Waals surface area contributed by atoms with Gasteiger partial charge in [0.05, 0.1) is 25.1 Å². The van der Waals surface area contributed by atoms with Gasteiger partial charge >= 0.3 is 17.9 Å². The molecule has 0 bridgehead atoms. The Morgan fingerprint density at radius 1 is 0.976 bits per heavy atom. The summed E-state index contributed by atoms with van der Waals surface area (Å²) in [7, 11) is 0. The number of aliphatic carboxylic acids is 3. The minimum Gasteiger partial charge on any atom is -0.504 e. The molecule has 1 aliphatic rings. The van der Waals surface area contributed by atoms with Gasteiger partial charge in [-0.1, -0.05) is 18.2 Å². The van der Waals surface area contributed by atoms with Crippen molar-refractivity contribution in [3.63, 3.8) is 0 Å². The first-order valence-corrected chi connectivity index (χ1v) is 13.7. The Labute approximate surface area is 246 Å². The Kier molecular flexibility index (Phi) is 11.8. The van der Waals surface area contributed by atoms with E-state index in [2.05, 4.69) is 49.0 Å². The maximum absolute atomic E-state index is 10.8. The van der Waals surface area contributed by atoms with Crippen molar-refractivity contribution in [2.45, 2.75) is 96.1 Å². The number of rotatable bonds is 12. The minimum absolute atomic E-state index is 0.0456. The van der Waals surface area contributed by atoms with Crippen LogP contribution in [0.25, 0.3) is 0 Å². The first-order chi connectivity index (χ1) is 19.5. The van der Waals surface area contributed by atoms with Crippen molar-refractivity contribution >= 4 is 17.9 Å². The third-order valence-electron chi connectivity index (χ3n) is 6.82. The standard InChI is InChI=1S/C24H35N3O2.C6H8O7/c1-6-29-21-12-9-10-18(22(21)28)16-27(17-19-11-7-8-13-25-19)20-14-23(2,3)26-24(4,5)15-20;7-3(8)1-6(13,5(11)12)2-4(9)10/h7-13,20,26,28H,6,14-17H2,1-5H3;13H,1-2H2,(H,7,8)(H,9,10)(H,11,12). The van der Waals surface area contributed by atoms with E-state index >= 15 is 0 Å². The summed E-state index contributed by atoms with van der Waals surface area (Å²) < 4.78 is 5.60. The molecule has 12 heteroatoms. The summed E-state index contributed by atoms with van der Waals surface area (Å²) in [6.07, 6.45) is 1.63. The van der Waals surface area contributed by atoms with Gasteiger partial charge in [0.15, 0.2) is 17.1 Å². The maximum Gasteiger partial charge on any atom is 0.336 e. The molecule has 42 heavy (non-hydrogen) atoms. The van der Waals surface area contributed by atoms with Crippen LogP contribution in [0.4, 0.5) is 0 Å². The lowest BCUT2D eigenvalue weighted by Gasteiger charge is -2.49. The maximum atomic E-state index is 10.8. The summed E-state index contributed by atoms with van der Waals surface area (Å²) in [6.45, 7) is 12.9. The number of hydrogen-bond acceptors (Lipinski definition) is 9. The van der Waals surface area contributed by atoms with Gasteiger partial charge in [0.25, 0.3) is 0 Å². The number of phenolic OH excluding ortho intramolecular Hbond substituents is 1. The van der Waals surface area contributed by atoms with Crippen molar-refractivity contribution in [3.8, 4) is 11.5 Å². The van der Waals surface area contributed by atoms with Crippen LogP contribution in [0.1, 0.15) is 71.6 Å². The predicted octanol–water partition coefficient (Wildman–Crippen LogP) is 3.25. The Morgan fingerprint density at radius 2 is 1.57 bits per heavy atom. The summed E-state index contributed by atoms with van der Waals surface area (Å²) in [5, 5.41) is 48.3. The van der Waals surface area contributed by atoms with Crippen LogP contribution >= 0.6 is 0 Å². The van der Waals surface area contributed by atoms with Crippen LogP contribution in [0.2, 0.25) is 0 Å². The number of aliphatic hydroxyl groups is 1. The van der Waals surface area contributed by atoms with Gasteiger partial charge in [0.2, 0.25) is 0 Å². The number of carboxylic acids is 3. The average molecular weight is 590 g/mol. The van der Waals surface area contributed by atoms with E-state index in [1.807, 2.05) is 43.5 Å². The number of aromatic nitrogens is 1. The smallest absolute Gasteiger partial charge is 0.336 e. The van der Waals surface area contributed by atoms with Crippen molar-refractivity contribution in [2.24, 2.45) is 0 Å². The molecule has 232 valence electrons. The Morgan fingerprint density at radius 3 is 2.05 bits per heavy atom. The largest absolute Gasteiger partial charge is 0.504 e. The monoisotopic (exact) mass is 589 g/mol. The number of nitrogens with zero attached hydrogens (tertiary/aromatic N) is 2. The Bertz CT molecular complexity index is 1190. The summed E-state index contributed by atoms with van der Waals surface area (Å²) in [6, 6.07) is 12.2. The van der Waals surface area contributed by atoms with Crippen LogP contribution in [0, 0.1) is 0 Å². The minimum atomic E-state index is -2.74. The number of ether oxygens (including phenoxy) is 1. The molecule has 1 saturated heterocycles. The summed E-state index contributed by atoms with van der Waals surface area (Å²) in [5.41, 5.74) is -0.714. The summed E-state index contributed by atoms with van der Waals surface area (Å²) in [5.74, 6) is -4.23. The number of carbonyl (C=O) groups is 3. The SMILES string of the molecule is CCOc1cccc(CN(Cc2ccccn2)C2CC(C)(C)NC(C)(C)C2)c1O.O=C(O)CC(O)(CC(=O)O)C(=O)O. The number of benzene rings is 1. The number of aromatic hydroxyl groups is 1. The molecule has 12 nitrogen and oxygen atoms in total. The van der Waals surface area contributed by atoms with Crippen molar-refractivity contribution in [1.29, 1.82) is 0 Å². The Hall–Kier alpha value is -3.74. The van der Waals surface area contributed by atoms with Crippen molar-refractivity contribution in [3.05, 3.63) is 53.9 Å². The first-order valence-electron chi connectivity index (χ1n) is 13.7. The second-order valence-electron chi connectivity index (χ2n) is 11.9. The zero-order chi connectivity index (χ0) is 31.7. The van der Waals surface area contributed by atoms with Crippen molar-refractivity contribution < 1.29 is 44.7 Å². The normalized spacial score (nSPS) is 16.3. The van der Waals surface area contributed by atoms with Crippen LogP contribution in [0.5, 0.6) is 11.5 Å². The van der Waals surface area contributed by atoms with Crippen molar-refractivity contribution in [2.75, 3.05) is 6.61 Å². The lowest BCUT2D eigenvalue weighted by Crippen LogP contribution is -2.62. The van der Waals surface area contributed by atoms with Gasteiger partial charge in [-0.3, -0.25) is 19.5 Å². The number of nitrogens with one attached hydrogen (secondary N) is 1. The fourth-order valence-electron chi connectivity index (χ4n) is 5.44. The molecule has 2 aromatic rings. The highest BCUT2D eigenvalue weighted by Crippen LogP contribution is 2.36. The third kappa shape index (κ3) is 10.6. The molecular weight excluding hydrogens is 546 g/mol. The van der Waals surface area contributed by atoms with E-state index in [0.29, 0.717) is 24.9 Å². The highest BCUT2D eigenvalue weighted by atomic mass is 16.5. The van der Waals surface area contributed by atoms with Gasteiger partial charge < -0.3 is 35.6 Å². The fraction of sp³-hybridized carbons (Fsp3) is 0.533. The zero-order valence-electron chi connectivity index (χ0n) is 24.8.